The predicted octanol–water partition coefficient (Wildman–Crippen LogP) is -0.680. The summed E-state index contributed by atoms with van der Waals surface area (Å²) in [6.45, 7) is 3.18. The quantitative estimate of drug-likeness (QED) is 0.574. The van der Waals surface area contributed by atoms with Crippen molar-refractivity contribution in [2.45, 2.75) is 32.7 Å². The van der Waals surface area contributed by atoms with E-state index < -0.39 is 17.9 Å². The highest BCUT2D eigenvalue weighted by Crippen LogP contribution is 2.00. The van der Waals surface area contributed by atoms with Crippen LogP contribution in [0.2, 0.25) is 0 Å². The van der Waals surface area contributed by atoms with E-state index in [1.165, 1.54) is 6.92 Å². The third kappa shape index (κ3) is 6.48. The van der Waals surface area contributed by atoms with Gasteiger partial charge in [0.25, 0.3) is 0 Å². The number of ether oxygens (including phenoxy) is 1. The second kappa shape index (κ2) is 6.80. The van der Waals surface area contributed by atoms with E-state index in [0.29, 0.717) is 0 Å². The monoisotopic (exact) mass is 216 g/mol. The molecule has 0 aromatic carbocycles. The van der Waals surface area contributed by atoms with E-state index in [1.54, 1.807) is 6.92 Å². The van der Waals surface area contributed by atoms with Gasteiger partial charge < -0.3 is 15.8 Å². The molecule has 0 aliphatic heterocycles. The highest BCUT2D eigenvalue weighted by molar-refractivity contribution is 5.84. The summed E-state index contributed by atoms with van der Waals surface area (Å²) in [7, 11) is 0. The molecule has 0 aromatic heterocycles. The summed E-state index contributed by atoms with van der Waals surface area (Å²) < 4.78 is 4.73. The highest BCUT2D eigenvalue weighted by atomic mass is 16.5. The summed E-state index contributed by atoms with van der Waals surface area (Å²) in [5.41, 5.74) is 4.94. The summed E-state index contributed by atoms with van der Waals surface area (Å²) in [6, 6.07) is -0.796. The average Bonchev–Trinajstić information content (AvgIpc) is 2.11. The van der Waals surface area contributed by atoms with Crippen LogP contribution in [0.4, 0.5) is 0 Å². The van der Waals surface area contributed by atoms with Gasteiger partial charge in [-0.1, -0.05) is 0 Å². The Labute approximate surface area is 88.1 Å². The molecule has 1 unspecified atom stereocenters. The normalized spacial score (nSPS) is 11.6. The van der Waals surface area contributed by atoms with Crippen LogP contribution in [0.3, 0.4) is 0 Å². The van der Waals surface area contributed by atoms with Gasteiger partial charge in [0.15, 0.2) is 0 Å². The molecule has 0 heterocycles. The molecule has 6 heteroatoms. The lowest BCUT2D eigenvalue weighted by molar-refractivity contribution is -0.147. The van der Waals surface area contributed by atoms with Crippen LogP contribution in [0, 0.1) is 0 Å². The summed E-state index contributed by atoms with van der Waals surface area (Å²) in [5, 5.41) is 2.40. The van der Waals surface area contributed by atoms with Gasteiger partial charge in [-0.3, -0.25) is 9.59 Å². The van der Waals surface area contributed by atoms with Crippen molar-refractivity contribution in [1.82, 2.24) is 5.32 Å². The van der Waals surface area contributed by atoms with E-state index in [4.69, 9.17) is 10.5 Å². The zero-order valence-corrected chi connectivity index (χ0v) is 8.91. The molecule has 0 radical (unpaired) electrons. The van der Waals surface area contributed by atoms with Gasteiger partial charge in [0, 0.05) is 13.3 Å². The minimum Gasteiger partial charge on any atom is -0.464 e. The van der Waals surface area contributed by atoms with Gasteiger partial charge in [0.1, 0.15) is 6.04 Å². The molecule has 2 amide bonds. The molecule has 0 rings (SSSR count). The second-order valence-electron chi connectivity index (χ2n) is 3.01. The number of carbonyl (C=O) groups excluding carboxylic acids is 3. The van der Waals surface area contributed by atoms with Crippen LogP contribution in [0.25, 0.3) is 0 Å². The van der Waals surface area contributed by atoms with E-state index in [0.717, 1.165) is 0 Å². The SMILES string of the molecule is CCOC(=O)C(CCC(N)=O)NC(C)=O. The number of nitrogens with two attached hydrogens (primary N) is 1. The molecule has 1 atom stereocenters. The Balaban J connectivity index is 4.23. The van der Waals surface area contributed by atoms with E-state index in [-0.39, 0.29) is 25.4 Å². The Kier molecular flexibility index (Phi) is 6.08. The standard InChI is InChI=1S/C9H16N2O4/c1-3-15-9(14)7(11-6(2)12)4-5-8(10)13/h7H,3-5H2,1-2H3,(H2,10,13)(H,11,12). The van der Waals surface area contributed by atoms with Crippen LogP contribution in [-0.4, -0.2) is 30.4 Å². The smallest absolute Gasteiger partial charge is 0.328 e. The first-order valence-corrected chi connectivity index (χ1v) is 4.69. The molecule has 15 heavy (non-hydrogen) atoms. The van der Waals surface area contributed by atoms with Gasteiger partial charge in [0.05, 0.1) is 6.61 Å². The van der Waals surface area contributed by atoms with Gasteiger partial charge in [-0.2, -0.15) is 0 Å². The van der Waals surface area contributed by atoms with E-state index in [9.17, 15) is 14.4 Å². The van der Waals surface area contributed by atoms with Crippen LogP contribution >= 0.6 is 0 Å². The van der Waals surface area contributed by atoms with E-state index in [1.807, 2.05) is 0 Å². The van der Waals surface area contributed by atoms with Crippen molar-refractivity contribution in [3.8, 4) is 0 Å². The van der Waals surface area contributed by atoms with Gasteiger partial charge in [0.2, 0.25) is 11.8 Å². The number of nitrogens with one attached hydrogen (secondary N) is 1. The van der Waals surface area contributed by atoms with Gasteiger partial charge >= 0.3 is 5.97 Å². The Bertz CT molecular complexity index is 252. The van der Waals surface area contributed by atoms with Crippen molar-refractivity contribution in [2.24, 2.45) is 5.73 Å². The Hall–Kier alpha value is -1.59. The van der Waals surface area contributed by atoms with Crippen molar-refractivity contribution < 1.29 is 19.1 Å². The number of primary amides is 1. The van der Waals surface area contributed by atoms with Crippen LogP contribution in [-0.2, 0) is 19.1 Å². The van der Waals surface area contributed by atoms with Crippen LogP contribution in [0.1, 0.15) is 26.7 Å². The molecule has 0 aliphatic rings. The molecule has 6 nitrogen and oxygen atoms in total. The van der Waals surface area contributed by atoms with Crippen molar-refractivity contribution in [3.63, 3.8) is 0 Å². The van der Waals surface area contributed by atoms with Crippen molar-refractivity contribution in [2.75, 3.05) is 6.61 Å². The topological polar surface area (TPSA) is 98.5 Å². The molecular weight excluding hydrogens is 200 g/mol. The lowest BCUT2D eigenvalue weighted by Crippen LogP contribution is -2.41. The molecule has 0 saturated carbocycles. The molecule has 0 saturated heterocycles. The van der Waals surface area contributed by atoms with E-state index in [2.05, 4.69) is 5.32 Å². The van der Waals surface area contributed by atoms with Crippen molar-refractivity contribution in [3.05, 3.63) is 0 Å². The first-order chi connectivity index (χ1) is 6.97. The molecule has 3 N–H and O–H groups in total. The van der Waals surface area contributed by atoms with E-state index >= 15 is 0 Å². The van der Waals surface area contributed by atoms with Gasteiger partial charge in [-0.15, -0.1) is 0 Å². The van der Waals surface area contributed by atoms with Crippen LogP contribution in [0.5, 0.6) is 0 Å². The summed E-state index contributed by atoms with van der Waals surface area (Å²) in [4.78, 5) is 32.6. The third-order valence-electron chi connectivity index (χ3n) is 1.63. The van der Waals surface area contributed by atoms with Crippen molar-refractivity contribution >= 4 is 17.8 Å². The van der Waals surface area contributed by atoms with Gasteiger partial charge in [-0.05, 0) is 13.3 Å². The Morgan fingerprint density at radius 2 is 2.00 bits per heavy atom. The fourth-order valence-electron chi connectivity index (χ4n) is 1.02. The van der Waals surface area contributed by atoms with Crippen LogP contribution in [0.15, 0.2) is 0 Å². The first kappa shape index (κ1) is 13.4. The zero-order valence-electron chi connectivity index (χ0n) is 8.91. The summed E-state index contributed by atoms with van der Waals surface area (Å²) >= 11 is 0. The maximum Gasteiger partial charge on any atom is 0.328 e. The number of rotatable bonds is 6. The van der Waals surface area contributed by atoms with Gasteiger partial charge in [-0.25, -0.2) is 4.79 Å². The maximum absolute atomic E-state index is 11.3. The summed E-state index contributed by atoms with van der Waals surface area (Å²) in [6.07, 6.45) is 0.192. The molecule has 0 spiro atoms. The predicted molar refractivity (Wildman–Crippen MR) is 52.7 cm³/mol. The number of hydrogen-bond acceptors (Lipinski definition) is 4. The first-order valence-electron chi connectivity index (χ1n) is 4.69. The number of carbonyl (C=O) groups is 3. The Morgan fingerprint density at radius 3 is 2.40 bits per heavy atom. The molecule has 86 valence electrons. The Morgan fingerprint density at radius 1 is 1.40 bits per heavy atom. The molecular formula is C9H16N2O4. The molecule has 0 aromatic rings. The largest absolute Gasteiger partial charge is 0.464 e. The average molecular weight is 216 g/mol. The lowest BCUT2D eigenvalue weighted by atomic mass is 10.1. The molecule has 0 aliphatic carbocycles. The van der Waals surface area contributed by atoms with Crippen LogP contribution < -0.4 is 11.1 Å². The molecule has 0 fully saturated rings. The fourth-order valence-corrected chi connectivity index (χ4v) is 1.02. The number of amides is 2. The minimum absolute atomic E-state index is 0.0315. The summed E-state index contributed by atoms with van der Waals surface area (Å²) in [5.74, 6) is -1.42. The maximum atomic E-state index is 11.3. The lowest BCUT2D eigenvalue weighted by Gasteiger charge is -2.15. The third-order valence-corrected chi connectivity index (χ3v) is 1.63. The second-order valence-corrected chi connectivity index (χ2v) is 3.01. The number of hydrogen-bond donors (Lipinski definition) is 2. The zero-order chi connectivity index (χ0) is 11.8. The highest BCUT2D eigenvalue weighted by Gasteiger charge is 2.20. The minimum atomic E-state index is -0.796. The fraction of sp³-hybridized carbons (Fsp3) is 0.667. The van der Waals surface area contributed by atoms with Crippen molar-refractivity contribution in [1.29, 1.82) is 0 Å². The molecule has 0 bridgehead atoms. The number of esters is 1.